The lowest BCUT2D eigenvalue weighted by Crippen LogP contribution is -2.18. The molecule has 2 rings (SSSR count). The second-order valence-corrected chi connectivity index (χ2v) is 4.75. The molecule has 0 aromatic heterocycles. The number of benzene rings is 2. The molecule has 2 aromatic carbocycles. The lowest BCUT2D eigenvalue weighted by molar-refractivity contribution is 0.0432. The van der Waals surface area contributed by atoms with Gasteiger partial charge < -0.3 is 9.47 Å². The molecule has 6 heteroatoms. The van der Waals surface area contributed by atoms with Crippen molar-refractivity contribution in [1.82, 2.24) is 0 Å². The number of halogens is 2. The highest BCUT2D eigenvalue weighted by atomic mass is 19.1. The number of hydrogen-bond acceptors (Lipinski definition) is 4. The number of esters is 2. The second-order valence-electron chi connectivity index (χ2n) is 4.75. The Morgan fingerprint density at radius 2 is 1.58 bits per heavy atom. The quantitative estimate of drug-likeness (QED) is 0.490. The van der Waals surface area contributed by atoms with E-state index in [4.69, 9.17) is 15.9 Å². The van der Waals surface area contributed by atoms with E-state index in [2.05, 4.69) is 5.92 Å². The van der Waals surface area contributed by atoms with Crippen LogP contribution in [0.25, 0.3) is 0 Å². The molecule has 0 saturated carbocycles. The van der Waals surface area contributed by atoms with Gasteiger partial charge in [-0.2, -0.15) is 0 Å². The van der Waals surface area contributed by atoms with Crippen LogP contribution in [0.3, 0.4) is 0 Å². The van der Waals surface area contributed by atoms with Crippen molar-refractivity contribution >= 4 is 11.9 Å². The SMILES string of the molecule is C#CC(C)OC(=O)c1ccccc1C(=O)Oc1cc(F)cc(F)c1. The Kier molecular flexibility index (Phi) is 5.27. The number of hydrogen-bond donors (Lipinski definition) is 0. The van der Waals surface area contributed by atoms with Gasteiger partial charge in [0, 0.05) is 18.2 Å². The van der Waals surface area contributed by atoms with Crippen LogP contribution in [0.15, 0.2) is 42.5 Å². The van der Waals surface area contributed by atoms with Gasteiger partial charge in [0.2, 0.25) is 0 Å². The highest BCUT2D eigenvalue weighted by Crippen LogP contribution is 2.19. The van der Waals surface area contributed by atoms with Crippen molar-refractivity contribution in [3.8, 4) is 18.1 Å². The van der Waals surface area contributed by atoms with Crippen molar-refractivity contribution in [2.45, 2.75) is 13.0 Å². The van der Waals surface area contributed by atoms with Crippen LogP contribution in [0.1, 0.15) is 27.6 Å². The summed E-state index contributed by atoms with van der Waals surface area (Å²) in [5.41, 5.74) is -0.183. The zero-order valence-corrected chi connectivity index (χ0v) is 12.6. The smallest absolute Gasteiger partial charge is 0.344 e. The van der Waals surface area contributed by atoms with E-state index in [1.165, 1.54) is 31.2 Å². The minimum atomic E-state index is -0.957. The number of carbonyl (C=O) groups is 2. The summed E-state index contributed by atoms with van der Waals surface area (Å²) in [4.78, 5) is 24.3. The third-order valence-corrected chi connectivity index (χ3v) is 2.93. The first-order valence-corrected chi connectivity index (χ1v) is 6.85. The molecule has 1 atom stereocenters. The first-order chi connectivity index (χ1) is 11.4. The summed E-state index contributed by atoms with van der Waals surface area (Å²) in [5, 5.41) is 0. The van der Waals surface area contributed by atoms with Gasteiger partial charge in [-0.05, 0) is 19.1 Å². The first-order valence-electron chi connectivity index (χ1n) is 6.85. The summed E-state index contributed by atoms with van der Waals surface area (Å²) in [7, 11) is 0. The maximum Gasteiger partial charge on any atom is 0.344 e. The molecule has 0 saturated heterocycles. The summed E-state index contributed by atoms with van der Waals surface area (Å²) in [6.07, 6.45) is 4.36. The molecule has 0 heterocycles. The fraction of sp³-hybridized carbons (Fsp3) is 0.111. The largest absolute Gasteiger partial charge is 0.446 e. The normalized spacial score (nSPS) is 11.2. The van der Waals surface area contributed by atoms with Crippen molar-refractivity contribution in [3.63, 3.8) is 0 Å². The summed E-state index contributed by atoms with van der Waals surface area (Å²) in [6.45, 7) is 1.49. The van der Waals surface area contributed by atoms with Crippen molar-refractivity contribution in [1.29, 1.82) is 0 Å². The molecule has 0 spiro atoms. The Morgan fingerprint density at radius 1 is 1.04 bits per heavy atom. The van der Waals surface area contributed by atoms with Gasteiger partial charge in [0.25, 0.3) is 0 Å². The molecular formula is C18H12F2O4. The fourth-order valence-corrected chi connectivity index (χ4v) is 1.85. The summed E-state index contributed by atoms with van der Waals surface area (Å²) >= 11 is 0. The molecule has 2 aromatic rings. The van der Waals surface area contributed by atoms with E-state index in [9.17, 15) is 18.4 Å². The fourth-order valence-electron chi connectivity index (χ4n) is 1.85. The molecule has 24 heavy (non-hydrogen) atoms. The van der Waals surface area contributed by atoms with Gasteiger partial charge >= 0.3 is 11.9 Å². The predicted octanol–water partition coefficient (Wildman–Crippen LogP) is 3.36. The highest BCUT2D eigenvalue weighted by molar-refractivity contribution is 6.03. The van der Waals surface area contributed by atoms with Crippen LogP contribution in [0.5, 0.6) is 5.75 Å². The lowest BCUT2D eigenvalue weighted by atomic mass is 10.1. The van der Waals surface area contributed by atoms with E-state index >= 15 is 0 Å². The highest BCUT2D eigenvalue weighted by Gasteiger charge is 2.21. The molecule has 122 valence electrons. The Balaban J connectivity index is 2.27. The minimum absolute atomic E-state index is 0.0681. The molecule has 0 N–H and O–H groups in total. The Hall–Kier alpha value is -3.20. The summed E-state index contributed by atoms with van der Waals surface area (Å²) < 4.78 is 36.2. The summed E-state index contributed by atoms with van der Waals surface area (Å²) in [5.74, 6) is -1.65. The molecule has 0 aliphatic rings. The molecule has 4 nitrogen and oxygen atoms in total. The van der Waals surface area contributed by atoms with E-state index < -0.39 is 29.7 Å². The number of rotatable bonds is 4. The van der Waals surface area contributed by atoms with Crippen LogP contribution < -0.4 is 4.74 Å². The van der Waals surface area contributed by atoms with Crippen LogP contribution in [-0.4, -0.2) is 18.0 Å². The maximum atomic E-state index is 13.1. The van der Waals surface area contributed by atoms with Crippen molar-refractivity contribution < 1.29 is 27.8 Å². The van der Waals surface area contributed by atoms with Gasteiger partial charge in [-0.25, -0.2) is 18.4 Å². The number of carbonyl (C=O) groups excluding carboxylic acids is 2. The lowest BCUT2D eigenvalue weighted by Gasteiger charge is -2.11. The van der Waals surface area contributed by atoms with Crippen molar-refractivity contribution in [2.75, 3.05) is 0 Å². The molecule has 0 aliphatic carbocycles. The zero-order valence-electron chi connectivity index (χ0n) is 12.6. The standard InChI is InChI=1S/C18H12F2O4/c1-3-11(2)23-17(21)15-6-4-5-7-16(15)18(22)24-14-9-12(19)8-13(20)10-14/h1,4-11H,2H3. The van der Waals surface area contributed by atoms with E-state index in [1.54, 1.807) is 0 Å². The molecule has 0 aliphatic heterocycles. The monoisotopic (exact) mass is 330 g/mol. The van der Waals surface area contributed by atoms with Crippen LogP contribution >= 0.6 is 0 Å². The molecule has 0 radical (unpaired) electrons. The third-order valence-electron chi connectivity index (χ3n) is 2.93. The second kappa shape index (κ2) is 7.38. The average molecular weight is 330 g/mol. The van der Waals surface area contributed by atoms with E-state index in [-0.39, 0.29) is 16.9 Å². The van der Waals surface area contributed by atoms with Crippen LogP contribution in [0.4, 0.5) is 8.78 Å². The van der Waals surface area contributed by atoms with Gasteiger partial charge in [-0.1, -0.05) is 18.1 Å². The molecule has 0 fully saturated rings. The van der Waals surface area contributed by atoms with Gasteiger partial charge in [-0.15, -0.1) is 6.42 Å². The van der Waals surface area contributed by atoms with Crippen LogP contribution in [0.2, 0.25) is 0 Å². The third kappa shape index (κ3) is 4.17. The van der Waals surface area contributed by atoms with Gasteiger partial charge in [0.05, 0.1) is 11.1 Å². The van der Waals surface area contributed by atoms with E-state index in [0.717, 1.165) is 12.1 Å². The van der Waals surface area contributed by atoms with E-state index in [0.29, 0.717) is 6.07 Å². The number of terminal acetylenes is 1. The van der Waals surface area contributed by atoms with Crippen LogP contribution in [-0.2, 0) is 4.74 Å². The predicted molar refractivity (Wildman–Crippen MR) is 81.5 cm³/mol. The van der Waals surface area contributed by atoms with Gasteiger partial charge in [-0.3, -0.25) is 0 Å². The molecule has 1 unspecified atom stereocenters. The Labute approximate surface area is 137 Å². The number of ether oxygens (including phenoxy) is 2. The Morgan fingerprint density at radius 3 is 2.12 bits per heavy atom. The molecule has 0 bridgehead atoms. The van der Waals surface area contributed by atoms with Crippen LogP contribution in [0, 0.1) is 24.0 Å². The summed E-state index contributed by atoms with van der Waals surface area (Å²) in [6, 6.07) is 8.05. The first kappa shape index (κ1) is 17.2. The van der Waals surface area contributed by atoms with Gasteiger partial charge in [0.1, 0.15) is 17.4 Å². The topological polar surface area (TPSA) is 52.6 Å². The van der Waals surface area contributed by atoms with Crippen molar-refractivity contribution in [3.05, 3.63) is 65.2 Å². The zero-order chi connectivity index (χ0) is 17.7. The van der Waals surface area contributed by atoms with Crippen molar-refractivity contribution in [2.24, 2.45) is 0 Å². The van der Waals surface area contributed by atoms with E-state index in [1.807, 2.05) is 0 Å². The molecule has 0 amide bonds. The molecular weight excluding hydrogens is 318 g/mol. The maximum absolute atomic E-state index is 13.1. The Bertz CT molecular complexity index is 804. The van der Waals surface area contributed by atoms with Gasteiger partial charge in [0.15, 0.2) is 6.10 Å². The minimum Gasteiger partial charge on any atom is -0.446 e. The average Bonchev–Trinajstić information content (AvgIpc) is 2.53.